The lowest BCUT2D eigenvalue weighted by Gasteiger charge is -2.06. The van der Waals surface area contributed by atoms with Crippen molar-refractivity contribution in [2.45, 2.75) is 18.2 Å². The normalized spacial score (nSPS) is 10.6. The van der Waals surface area contributed by atoms with Crippen LogP contribution in [0.4, 0.5) is 5.69 Å². The molecule has 0 bridgehead atoms. The molecule has 0 saturated heterocycles. The van der Waals surface area contributed by atoms with E-state index in [-0.39, 0.29) is 12.5 Å². The van der Waals surface area contributed by atoms with Crippen LogP contribution < -0.4 is 5.32 Å². The largest absolute Gasteiger partial charge is 0.452 e. The third-order valence-electron chi connectivity index (χ3n) is 3.49. The summed E-state index contributed by atoms with van der Waals surface area (Å²) in [5, 5.41) is 2.72. The topological polar surface area (TPSA) is 55.4 Å². The number of rotatable bonds is 7. The van der Waals surface area contributed by atoms with Crippen LogP contribution in [0.2, 0.25) is 0 Å². The maximum Gasteiger partial charge on any atom is 0.331 e. The minimum atomic E-state index is -0.550. The van der Waals surface area contributed by atoms with E-state index in [4.69, 9.17) is 4.74 Å². The highest BCUT2D eigenvalue weighted by Crippen LogP contribution is 2.15. The van der Waals surface area contributed by atoms with E-state index in [1.807, 2.05) is 55.6 Å². The number of anilines is 1. The van der Waals surface area contributed by atoms with Gasteiger partial charge in [-0.05, 0) is 54.1 Å². The molecule has 0 aliphatic carbocycles. The average Bonchev–Trinajstić information content (AvgIpc) is 2.65. The van der Waals surface area contributed by atoms with Gasteiger partial charge in [-0.25, -0.2) is 4.79 Å². The molecule has 130 valence electrons. The van der Waals surface area contributed by atoms with Crippen molar-refractivity contribution >= 4 is 35.4 Å². The fraction of sp³-hybridized carbons (Fsp3) is 0.200. The summed E-state index contributed by atoms with van der Waals surface area (Å²) >= 11 is 1.66. The maximum atomic E-state index is 11.8. The number of carbonyl (C=O) groups is 2. The molecule has 0 atom stereocenters. The monoisotopic (exact) mass is 355 g/mol. The molecule has 0 spiro atoms. The molecule has 25 heavy (non-hydrogen) atoms. The van der Waals surface area contributed by atoms with Crippen molar-refractivity contribution in [1.29, 1.82) is 0 Å². The first-order valence-electron chi connectivity index (χ1n) is 7.98. The van der Waals surface area contributed by atoms with Crippen LogP contribution in [-0.2, 0) is 20.7 Å². The lowest BCUT2D eigenvalue weighted by Crippen LogP contribution is -2.20. The van der Waals surface area contributed by atoms with E-state index in [0.29, 0.717) is 5.69 Å². The zero-order valence-corrected chi connectivity index (χ0v) is 15.1. The van der Waals surface area contributed by atoms with Gasteiger partial charge in [-0.3, -0.25) is 4.79 Å². The number of hydrogen-bond donors (Lipinski definition) is 1. The highest BCUT2D eigenvalue weighted by molar-refractivity contribution is 7.98. The quantitative estimate of drug-likeness (QED) is 0.460. The van der Waals surface area contributed by atoms with Crippen molar-refractivity contribution in [3.63, 3.8) is 0 Å². The minimum Gasteiger partial charge on any atom is -0.452 e. The van der Waals surface area contributed by atoms with Gasteiger partial charge in [-0.15, -0.1) is 11.8 Å². The Hall–Kier alpha value is -2.53. The van der Waals surface area contributed by atoms with Crippen LogP contribution in [0.5, 0.6) is 0 Å². The second kappa shape index (κ2) is 9.69. The summed E-state index contributed by atoms with van der Waals surface area (Å²) in [5.74, 6) is -0.911. The van der Waals surface area contributed by atoms with Crippen molar-refractivity contribution < 1.29 is 14.3 Å². The third kappa shape index (κ3) is 6.47. The molecular weight excluding hydrogens is 334 g/mol. The molecule has 2 aromatic carbocycles. The summed E-state index contributed by atoms with van der Waals surface area (Å²) < 4.78 is 4.96. The van der Waals surface area contributed by atoms with Crippen LogP contribution in [0.1, 0.15) is 18.1 Å². The summed E-state index contributed by atoms with van der Waals surface area (Å²) in [4.78, 5) is 24.7. The number of esters is 1. The first-order valence-corrected chi connectivity index (χ1v) is 9.21. The van der Waals surface area contributed by atoms with E-state index in [9.17, 15) is 9.59 Å². The zero-order chi connectivity index (χ0) is 18.1. The highest BCUT2D eigenvalue weighted by atomic mass is 32.2. The number of thioether (sulfide) groups is 1. The number of hydrogen-bond acceptors (Lipinski definition) is 4. The molecule has 0 heterocycles. The summed E-state index contributed by atoms with van der Waals surface area (Å²) in [5.41, 5.74) is 2.73. The summed E-state index contributed by atoms with van der Waals surface area (Å²) in [6.07, 6.45) is 5.88. The first-order chi connectivity index (χ1) is 12.1. The van der Waals surface area contributed by atoms with E-state index in [1.165, 1.54) is 6.08 Å². The van der Waals surface area contributed by atoms with Crippen molar-refractivity contribution in [3.8, 4) is 0 Å². The highest BCUT2D eigenvalue weighted by Gasteiger charge is 2.06. The van der Waals surface area contributed by atoms with Crippen LogP contribution in [0, 0.1) is 0 Å². The SMILES string of the molecule is CCc1cccc(NC(=O)COC(=O)/C=C/c2ccc(SC)cc2)c1. The molecule has 0 radical (unpaired) electrons. The van der Waals surface area contributed by atoms with Gasteiger partial charge in [-0.2, -0.15) is 0 Å². The number of carbonyl (C=O) groups excluding carboxylic acids is 2. The Labute approximate surface area is 152 Å². The fourth-order valence-corrected chi connectivity index (χ4v) is 2.54. The lowest BCUT2D eigenvalue weighted by atomic mass is 10.1. The zero-order valence-electron chi connectivity index (χ0n) is 14.3. The summed E-state index contributed by atoms with van der Waals surface area (Å²) in [7, 11) is 0. The van der Waals surface area contributed by atoms with E-state index in [1.54, 1.807) is 23.9 Å². The molecule has 1 amide bonds. The smallest absolute Gasteiger partial charge is 0.331 e. The molecule has 1 N–H and O–H groups in total. The van der Waals surface area contributed by atoms with Gasteiger partial charge in [0.2, 0.25) is 0 Å². The molecule has 0 saturated carbocycles. The molecule has 4 nitrogen and oxygen atoms in total. The standard InChI is InChI=1S/C20H21NO3S/c1-3-15-5-4-6-17(13-15)21-19(22)14-24-20(23)12-9-16-7-10-18(25-2)11-8-16/h4-13H,3,14H2,1-2H3,(H,21,22)/b12-9+. The molecule has 2 rings (SSSR count). The first kappa shape index (κ1) is 18.8. The maximum absolute atomic E-state index is 11.8. The van der Waals surface area contributed by atoms with Crippen molar-refractivity contribution in [2.24, 2.45) is 0 Å². The molecule has 0 aliphatic heterocycles. The van der Waals surface area contributed by atoms with E-state index < -0.39 is 5.97 Å². The van der Waals surface area contributed by atoms with Gasteiger partial charge in [0, 0.05) is 16.7 Å². The summed E-state index contributed by atoms with van der Waals surface area (Å²) in [6, 6.07) is 15.4. The van der Waals surface area contributed by atoms with Gasteiger partial charge in [0.1, 0.15) is 0 Å². The van der Waals surface area contributed by atoms with Crippen molar-refractivity contribution in [3.05, 3.63) is 65.7 Å². The van der Waals surface area contributed by atoms with E-state index in [0.717, 1.165) is 22.4 Å². The van der Waals surface area contributed by atoms with Crippen molar-refractivity contribution in [2.75, 3.05) is 18.2 Å². The van der Waals surface area contributed by atoms with Gasteiger partial charge in [-0.1, -0.05) is 31.2 Å². The number of benzene rings is 2. The Morgan fingerprint density at radius 1 is 1.16 bits per heavy atom. The Balaban J connectivity index is 1.80. The minimum absolute atomic E-state index is 0.315. The van der Waals surface area contributed by atoms with Crippen LogP contribution >= 0.6 is 11.8 Å². The Kier molecular flexibility index (Phi) is 7.29. The van der Waals surface area contributed by atoms with Crippen molar-refractivity contribution in [1.82, 2.24) is 0 Å². The number of nitrogens with one attached hydrogen (secondary N) is 1. The lowest BCUT2D eigenvalue weighted by molar-refractivity contribution is -0.142. The molecule has 5 heteroatoms. The Bertz CT molecular complexity index is 754. The van der Waals surface area contributed by atoms with E-state index in [2.05, 4.69) is 5.32 Å². The average molecular weight is 355 g/mol. The van der Waals surface area contributed by atoms with E-state index >= 15 is 0 Å². The number of aryl methyl sites for hydroxylation is 1. The molecule has 0 unspecified atom stereocenters. The number of amides is 1. The van der Waals surface area contributed by atoms with Gasteiger partial charge in [0.15, 0.2) is 6.61 Å². The molecule has 0 fully saturated rings. The van der Waals surface area contributed by atoms with Crippen LogP contribution in [0.3, 0.4) is 0 Å². The van der Waals surface area contributed by atoms with Gasteiger partial charge < -0.3 is 10.1 Å². The van der Waals surface area contributed by atoms with Crippen LogP contribution in [0.25, 0.3) is 6.08 Å². The molecule has 0 aromatic heterocycles. The molecule has 0 aliphatic rings. The van der Waals surface area contributed by atoms with Crippen LogP contribution in [0.15, 0.2) is 59.5 Å². The number of ether oxygens (including phenoxy) is 1. The van der Waals surface area contributed by atoms with Crippen LogP contribution in [-0.4, -0.2) is 24.7 Å². The van der Waals surface area contributed by atoms with Gasteiger partial charge in [0.25, 0.3) is 5.91 Å². The molecular formula is C20H21NO3S. The molecule has 2 aromatic rings. The fourth-order valence-electron chi connectivity index (χ4n) is 2.13. The second-order valence-electron chi connectivity index (χ2n) is 5.32. The van der Waals surface area contributed by atoms with Gasteiger partial charge >= 0.3 is 5.97 Å². The Morgan fingerprint density at radius 2 is 1.92 bits per heavy atom. The Morgan fingerprint density at radius 3 is 2.60 bits per heavy atom. The second-order valence-corrected chi connectivity index (χ2v) is 6.20. The van der Waals surface area contributed by atoms with Gasteiger partial charge in [0.05, 0.1) is 0 Å². The predicted molar refractivity (Wildman–Crippen MR) is 103 cm³/mol. The predicted octanol–water partition coefficient (Wildman–Crippen LogP) is 4.17. The summed E-state index contributed by atoms with van der Waals surface area (Å²) in [6.45, 7) is 1.73. The third-order valence-corrected chi connectivity index (χ3v) is 4.24.